The number of pyridine rings is 1. The van der Waals surface area contributed by atoms with Crippen molar-refractivity contribution in [2.45, 2.75) is 25.4 Å². The van der Waals surface area contributed by atoms with E-state index in [9.17, 15) is 4.79 Å². The normalized spacial score (nSPS) is 18.1. The van der Waals surface area contributed by atoms with Crippen molar-refractivity contribution in [1.82, 2.24) is 19.9 Å². The average Bonchev–Trinajstić information content (AvgIpc) is 2.88. The SMILES string of the molecule is Nc1ncc(-c2ccc([C@@H]3CN(C(=O)CCN4CCCc5ccccc54)CCO3)nc2)cn1. The van der Waals surface area contributed by atoms with Crippen LogP contribution in [0.2, 0.25) is 0 Å². The number of carbonyl (C=O) groups is 1. The smallest absolute Gasteiger partial charge is 0.224 e. The van der Waals surface area contributed by atoms with E-state index in [1.165, 1.54) is 11.3 Å². The number of hydrogen-bond donors (Lipinski definition) is 1. The number of hydrogen-bond acceptors (Lipinski definition) is 7. The lowest BCUT2D eigenvalue weighted by Crippen LogP contribution is -2.43. The molecule has 1 saturated heterocycles. The Balaban J connectivity index is 1.19. The number of ether oxygens (including phenoxy) is 1. The molecule has 170 valence electrons. The fourth-order valence-electron chi connectivity index (χ4n) is 4.54. The number of nitrogens with two attached hydrogens (primary N) is 1. The van der Waals surface area contributed by atoms with Crippen LogP contribution >= 0.6 is 0 Å². The van der Waals surface area contributed by atoms with Crippen molar-refractivity contribution >= 4 is 17.5 Å². The molecule has 2 aliphatic rings. The maximum atomic E-state index is 13.0. The summed E-state index contributed by atoms with van der Waals surface area (Å²) < 4.78 is 5.94. The molecule has 5 rings (SSSR count). The molecular weight excluding hydrogens is 416 g/mol. The molecule has 8 nitrogen and oxygen atoms in total. The molecule has 8 heteroatoms. The van der Waals surface area contributed by atoms with Crippen LogP contribution in [0.1, 0.15) is 30.2 Å². The molecule has 1 aromatic carbocycles. The number of aryl methyl sites for hydroxylation is 1. The van der Waals surface area contributed by atoms with Gasteiger partial charge in [-0.3, -0.25) is 9.78 Å². The first kappa shape index (κ1) is 21.3. The molecule has 1 atom stereocenters. The highest BCUT2D eigenvalue weighted by molar-refractivity contribution is 5.77. The highest BCUT2D eigenvalue weighted by atomic mass is 16.5. The lowest BCUT2D eigenvalue weighted by atomic mass is 10.0. The number of aromatic nitrogens is 3. The molecular formula is C25H28N6O2. The molecule has 3 aromatic rings. The van der Waals surface area contributed by atoms with E-state index in [0.29, 0.717) is 26.1 Å². The Morgan fingerprint density at radius 3 is 2.67 bits per heavy atom. The quantitative estimate of drug-likeness (QED) is 0.646. The molecule has 0 radical (unpaired) electrons. The number of nitrogens with zero attached hydrogens (tertiary/aromatic N) is 5. The molecule has 2 N–H and O–H groups in total. The summed E-state index contributed by atoms with van der Waals surface area (Å²) in [7, 11) is 0. The van der Waals surface area contributed by atoms with Gasteiger partial charge in [0.1, 0.15) is 6.10 Å². The molecule has 0 saturated carbocycles. The molecule has 0 unspecified atom stereocenters. The van der Waals surface area contributed by atoms with E-state index in [0.717, 1.165) is 42.8 Å². The van der Waals surface area contributed by atoms with Gasteiger partial charge in [0, 0.05) is 61.5 Å². The molecule has 2 aromatic heterocycles. The summed E-state index contributed by atoms with van der Waals surface area (Å²) in [6.45, 7) is 3.40. The van der Waals surface area contributed by atoms with E-state index in [4.69, 9.17) is 10.5 Å². The van der Waals surface area contributed by atoms with Crippen molar-refractivity contribution in [2.24, 2.45) is 0 Å². The van der Waals surface area contributed by atoms with Crippen LogP contribution in [0.3, 0.4) is 0 Å². The zero-order valence-corrected chi connectivity index (χ0v) is 18.6. The van der Waals surface area contributed by atoms with E-state index < -0.39 is 0 Å². The van der Waals surface area contributed by atoms with E-state index in [2.05, 4.69) is 44.1 Å². The molecule has 4 heterocycles. The van der Waals surface area contributed by atoms with Crippen LogP contribution in [0.5, 0.6) is 0 Å². The maximum Gasteiger partial charge on any atom is 0.224 e. The largest absolute Gasteiger partial charge is 0.371 e. The minimum atomic E-state index is -0.227. The summed E-state index contributed by atoms with van der Waals surface area (Å²) in [6, 6.07) is 12.4. The first-order chi connectivity index (χ1) is 16.2. The fourth-order valence-corrected chi connectivity index (χ4v) is 4.54. The molecule has 0 spiro atoms. The lowest BCUT2D eigenvalue weighted by molar-refractivity contribution is -0.139. The van der Waals surface area contributed by atoms with Crippen molar-refractivity contribution < 1.29 is 9.53 Å². The summed E-state index contributed by atoms with van der Waals surface area (Å²) in [5.74, 6) is 0.412. The fraction of sp³-hybridized carbons (Fsp3) is 0.360. The molecule has 1 fully saturated rings. The number of rotatable bonds is 5. The van der Waals surface area contributed by atoms with Gasteiger partial charge in [0.05, 0.1) is 18.8 Å². The van der Waals surface area contributed by atoms with Crippen LogP contribution in [-0.2, 0) is 16.0 Å². The van der Waals surface area contributed by atoms with Crippen molar-refractivity contribution in [1.29, 1.82) is 0 Å². The van der Waals surface area contributed by atoms with Crippen LogP contribution in [0, 0.1) is 0 Å². The van der Waals surface area contributed by atoms with Gasteiger partial charge in [-0.2, -0.15) is 0 Å². The van der Waals surface area contributed by atoms with E-state index >= 15 is 0 Å². The number of para-hydroxylation sites is 1. The Morgan fingerprint density at radius 1 is 1.03 bits per heavy atom. The standard InChI is InChI=1S/C25H28N6O2/c26-25-28-15-20(16-29-25)19-7-8-21(27-14-19)23-17-31(12-13-33-23)24(32)9-11-30-10-3-5-18-4-1-2-6-22(18)30/h1-2,4,6-8,14-16,23H,3,5,9-13,17H2,(H2,26,28,29)/t23-/m0/s1. The van der Waals surface area contributed by atoms with Crippen molar-refractivity contribution in [2.75, 3.05) is 43.4 Å². The second-order valence-corrected chi connectivity index (χ2v) is 8.47. The lowest BCUT2D eigenvalue weighted by Gasteiger charge is -2.34. The van der Waals surface area contributed by atoms with Gasteiger partial charge in [0.15, 0.2) is 0 Å². The van der Waals surface area contributed by atoms with Gasteiger partial charge in [0.25, 0.3) is 0 Å². The van der Waals surface area contributed by atoms with Gasteiger partial charge in [-0.05, 0) is 30.5 Å². The number of morpholine rings is 1. The van der Waals surface area contributed by atoms with Gasteiger partial charge in [-0.1, -0.05) is 24.3 Å². The third-order valence-corrected chi connectivity index (χ3v) is 6.34. The number of anilines is 2. The predicted octanol–water partition coefficient (Wildman–Crippen LogP) is 2.86. The van der Waals surface area contributed by atoms with E-state index in [1.807, 2.05) is 17.0 Å². The van der Waals surface area contributed by atoms with Crippen molar-refractivity contribution in [3.8, 4) is 11.1 Å². The van der Waals surface area contributed by atoms with E-state index in [1.54, 1.807) is 18.6 Å². The maximum absolute atomic E-state index is 13.0. The van der Waals surface area contributed by atoms with Gasteiger partial charge in [-0.15, -0.1) is 0 Å². The molecule has 1 amide bonds. The molecule has 0 bridgehead atoms. The second kappa shape index (κ2) is 9.54. The Kier molecular flexibility index (Phi) is 6.17. The van der Waals surface area contributed by atoms with Crippen LogP contribution in [0.4, 0.5) is 11.6 Å². The second-order valence-electron chi connectivity index (χ2n) is 8.47. The number of nitrogen functional groups attached to an aromatic ring is 1. The summed E-state index contributed by atoms with van der Waals surface area (Å²) in [5.41, 5.74) is 10.8. The summed E-state index contributed by atoms with van der Waals surface area (Å²) in [5, 5.41) is 0. The Morgan fingerprint density at radius 2 is 1.85 bits per heavy atom. The van der Waals surface area contributed by atoms with Crippen molar-refractivity contribution in [3.05, 3.63) is 66.2 Å². The number of carbonyl (C=O) groups excluding carboxylic acids is 1. The molecule has 33 heavy (non-hydrogen) atoms. The third-order valence-electron chi connectivity index (χ3n) is 6.34. The monoisotopic (exact) mass is 444 g/mol. The zero-order valence-electron chi connectivity index (χ0n) is 18.6. The number of fused-ring (bicyclic) bond motifs is 1. The topological polar surface area (TPSA) is 97.5 Å². The van der Waals surface area contributed by atoms with Crippen LogP contribution < -0.4 is 10.6 Å². The highest BCUT2D eigenvalue weighted by Crippen LogP contribution is 2.27. The van der Waals surface area contributed by atoms with Gasteiger partial charge in [0.2, 0.25) is 11.9 Å². The Bertz CT molecular complexity index is 1100. The first-order valence-electron chi connectivity index (χ1n) is 11.4. The van der Waals surface area contributed by atoms with E-state index in [-0.39, 0.29) is 18.0 Å². The van der Waals surface area contributed by atoms with Gasteiger partial charge < -0.3 is 20.3 Å². The molecule has 0 aliphatic carbocycles. The van der Waals surface area contributed by atoms with Gasteiger partial charge >= 0.3 is 0 Å². The Hall–Kier alpha value is -3.52. The van der Waals surface area contributed by atoms with Gasteiger partial charge in [-0.25, -0.2) is 9.97 Å². The predicted molar refractivity (Wildman–Crippen MR) is 127 cm³/mol. The van der Waals surface area contributed by atoms with Crippen LogP contribution in [0.25, 0.3) is 11.1 Å². The highest BCUT2D eigenvalue weighted by Gasteiger charge is 2.27. The zero-order chi connectivity index (χ0) is 22.6. The van der Waals surface area contributed by atoms with Crippen molar-refractivity contribution in [3.63, 3.8) is 0 Å². The van der Waals surface area contributed by atoms with Crippen LogP contribution in [0.15, 0.2) is 55.0 Å². The average molecular weight is 445 g/mol. The number of benzene rings is 1. The summed E-state index contributed by atoms with van der Waals surface area (Å²) >= 11 is 0. The van der Waals surface area contributed by atoms with Crippen LogP contribution in [-0.4, -0.2) is 58.5 Å². The minimum Gasteiger partial charge on any atom is -0.371 e. The number of amides is 1. The summed E-state index contributed by atoms with van der Waals surface area (Å²) in [4.78, 5) is 29.9. The third kappa shape index (κ3) is 4.80. The summed E-state index contributed by atoms with van der Waals surface area (Å²) in [6.07, 6.45) is 7.66. The minimum absolute atomic E-state index is 0.169. The molecule has 2 aliphatic heterocycles. The Labute approximate surface area is 193 Å². The first-order valence-corrected chi connectivity index (χ1v) is 11.4.